The van der Waals surface area contributed by atoms with Crippen LogP contribution in [0.2, 0.25) is 0 Å². The number of hydrogen-bond acceptors (Lipinski definition) is 5. The molecule has 0 aliphatic carbocycles. The van der Waals surface area contributed by atoms with E-state index in [2.05, 4.69) is 32.1 Å². The highest BCUT2D eigenvalue weighted by atomic mass is 16.3. The largest absolute Gasteiger partial charge is 0.857 e. The number of aromatic amines is 1. The number of hydrogen-bond donors (Lipinski definition) is 3. The number of rotatable bonds is 1. The Morgan fingerprint density at radius 1 is 1.18 bits per heavy atom. The number of benzene rings is 1. The van der Waals surface area contributed by atoms with Crippen LogP contribution in [-0.4, -0.2) is 25.2 Å². The van der Waals surface area contributed by atoms with E-state index in [9.17, 15) is 5.11 Å². The number of H-pyrrole nitrogens is 1. The van der Waals surface area contributed by atoms with Crippen molar-refractivity contribution in [3.8, 4) is 11.7 Å². The molecule has 0 fully saturated rings. The number of nitrogens with zero attached hydrogens (tertiary/aromatic N) is 4. The smallest absolute Gasteiger partial charge is 0.169 e. The maximum atomic E-state index is 10.9. The minimum atomic E-state index is -0.327. The standard InChI is InChI=1S/C9H7N5O.H4N2/c15-9-5-8(10-11-9)14-12-6-3-1-2-4-7(6)13-14;1-2/h1-5H,(H2,10,11,15);1-2H2. The van der Waals surface area contributed by atoms with Gasteiger partial charge in [-0.3, -0.25) is 10.9 Å². The summed E-state index contributed by atoms with van der Waals surface area (Å²) in [6.07, 6.45) is 0. The van der Waals surface area contributed by atoms with Crippen molar-refractivity contribution in [3.63, 3.8) is 0 Å². The van der Waals surface area contributed by atoms with Gasteiger partial charge in [-0.2, -0.15) is 10.9 Å². The van der Waals surface area contributed by atoms with E-state index in [4.69, 9.17) is 0 Å². The monoisotopic (exact) mass is 233 g/mol. The maximum Gasteiger partial charge on any atom is 0.169 e. The summed E-state index contributed by atoms with van der Waals surface area (Å²) in [5.41, 5.74) is 1.55. The molecule has 0 aliphatic heterocycles. The van der Waals surface area contributed by atoms with Gasteiger partial charge in [-0.25, -0.2) is 0 Å². The first-order chi connectivity index (χ1) is 8.33. The molecule has 0 radical (unpaired) electrons. The average Bonchev–Trinajstić information content (AvgIpc) is 2.97. The minimum Gasteiger partial charge on any atom is -0.857 e. The first-order valence-electron chi connectivity index (χ1n) is 4.79. The van der Waals surface area contributed by atoms with Gasteiger partial charge in [0, 0.05) is 5.88 Å². The number of nitrogens with one attached hydrogen (secondary N) is 1. The van der Waals surface area contributed by atoms with Crippen LogP contribution in [-0.2, 0) is 0 Å². The molecule has 0 unspecified atom stereocenters. The molecule has 6 N–H and O–H groups in total. The second-order valence-electron chi connectivity index (χ2n) is 3.07. The first kappa shape index (κ1) is 11.0. The van der Waals surface area contributed by atoms with Gasteiger partial charge in [0.25, 0.3) is 0 Å². The van der Waals surface area contributed by atoms with Crippen molar-refractivity contribution in [1.82, 2.24) is 25.2 Å². The Hall–Kier alpha value is -2.45. The van der Waals surface area contributed by atoms with Crippen LogP contribution in [0.15, 0.2) is 30.3 Å². The number of nitrogens with two attached hydrogens (primary N) is 1. The van der Waals surface area contributed by atoms with Gasteiger partial charge in [-0.1, -0.05) is 12.1 Å². The molecular weight excluding hydrogens is 222 g/mol. The first-order valence-corrected chi connectivity index (χ1v) is 4.79. The Bertz CT molecular complexity index is 581. The highest BCUT2D eigenvalue weighted by Gasteiger charge is 2.04. The van der Waals surface area contributed by atoms with Crippen LogP contribution in [0.25, 0.3) is 16.9 Å². The van der Waals surface area contributed by atoms with Crippen molar-refractivity contribution in [2.45, 2.75) is 0 Å². The molecular formula is C9H11N7O. The van der Waals surface area contributed by atoms with Crippen molar-refractivity contribution in [2.24, 2.45) is 5.84 Å². The normalized spacial score (nSPS) is 10.0. The third-order valence-electron chi connectivity index (χ3n) is 2.04. The van der Waals surface area contributed by atoms with Crippen molar-refractivity contribution in [2.75, 3.05) is 0 Å². The molecule has 0 bridgehead atoms. The van der Waals surface area contributed by atoms with Gasteiger partial charge in [0.2, 0.25) is 0 Å². The number of fused-ring (bicyclic) bond motifs is 1. The zero-order valence-corrected chi connectivity index (χ0v) is 8.87. The molecule has 3 rings (SSSR count). The van der Waals surface area contributed by atoms with Gasteiger partial charge >= 0.3 is 0 Å². The predicted octanol–water partition coefficient (Wildman–Crippen LogP) is -1.68. The molecule has 88 valence electrons. The number of quaternary nitrogens is 1. The van der Waals surface area contributed by atoms with Crippen LogP contribution in [0.1, 0.15) is 0 Å². The molecule has 0 aliphatic rings. The Labute approximate surface area is 95.8 Å². The van der Waals surface area contributed by atoms with Crippen molar-refractivity contribution >= 4 is 11.0 Å². The molecule has 8 nitrogen and oxygen atoms in total. The molecule has 3 aromatic rings. The molecule has 0 saturated carbocycles. The highest BCUT2D eigenvalue weighted by Crippen LogP contribution is 2.11. The topological polar surface area (TPSA) is 136 Å². The summed E-state index contributed by atoms with van der Waals surface area (Å²) < 4.78 is 0. The molecule has 0 spiro atoms. The molecule has 2 aromatic heterocycles. The fraction of sp³-hybridized carbons (Fsp3) is 0. The third-order valence-corrected chi connectivity index (χ3v) is 2.04. The second-order valence-corrected chi connectivity index (χ2v) is 3.07. The van der Waals surface area contributed by atoms with Gasteiger partial charge in [0.1, 0.15) is 11.0 Å². The molecule has 0 atom stereocenters. The lowest BCUT2D eigenvalue weighted by molar-refractivity contribution is -0.379. The Balaban J connectivity index is 0.000000514. The van der Waals surface area contributed by atoms with Crippen LogP contribution >= 0.6 is 0 Å². The lowest BCUT2D eigenvalue weighted by atomic mass is 10.3. The van der Waals surface area contributed by atoms with E-state index >= 15 is 0 Å². The summed E-state index contributed by atoms with van der Waals surface area (Å²) in [4.78, 5) is 1.36. The van der Waals surface area contributed by atoms with Gasteiger partial charge < -0.3 is 5.11 Å². The fourth-order valence-corrected chi connectivity index (χ4v) is 1.36. The zero-order chi connectivity index (χ0) is 12.3. The zero-order valence-electron chi connectivity index (χ0n) is 8.87. The molecule has 0 saturated heterocycles. The lowest BCUT2D eigenvalue weighted by Crippen LogP contribution is -2.59. The van der Waals surface area contributed by atoms with Gasteiger partial charge in [0.05, 0.1) is 0 Å². The van der Waals surface area contributed by atoms with Gasteiger partial charge in [-0.05, 0) is 18.2 Å². The molecule has 2 heterocycles. The molecule has 1 aromatic carbocycles. The van der Waals surface area contributed by atoms with E-state index in [0.717, 1.165) is 11.0 Å². The Kier molecular flexibility index (Phi) is 2.99. The van der Waals surface area contributed by atoms with E-state index in [1.165, 1.54) is 10.9 Å². The summed E-state index contributed by atoms with van der Waals surface area (Å²) >= 11 is 0. The van der Waals surface area contributed by atoms with Crippen molar-refractivity contribution in [1.29, 1.82) is 0 Å². The van der Waals surface area contributed by atoms with Crippen LogP contribution in [0.3, 0.4) is 0 Å². The Morgan fingerprint density at radius 2 is 1.76 bits per heavy atom. The van der Waals surface area contributed by atoms with E-state index < -0.39 is 0 Å². The number of aromatic nitrogens is 5. The highest BCUT2D eigenvalue weighted by molar-refractivity contribution is 5.73. The van der Waals surface area contributed by atoms with Gasteiger partial charge in [0.15, 0.2) is 5.82 Å². The summed E-state index contributed by atoms with van der Waals surface area (Å²) in [5, 5.41) is 25.3. The van der Waals surface area contributed by atoms with E-state index in [0.29, 0.717) is 5.82 Å². The summed E-state index contributed by atoms with van der Waals surface area (Å²) in [6, 6.07) is 8.82. The second kappa shape index (κ2) is 4.60. The molecule has 0 amide bonds. The van der Waals surface area contributed by atoms with Crippen LogP contribution in [0, 0.1) is 0 Å². The summed E-state index contributed by atoms with van der Waals surface area (Å²) in [6.45, 7) is 0. The van der Waals surface area contributed by atoms with Crippen LogP contribution < -0.4 is 16.8 Å². The van der Waals surface area contributed by atoms with Crippen molar-refractivity contribution < 1.29 is 10.9 Å². The molecule has 8 heteroatoms. The fourth-order valence-electron chi connectivity index (χ4n) is 1.36. The van der Waals surface area contributed by atoms with Gasteiger partial charge in [-0.15, -0.1) is 15.0 Å². The average molecular weight is 233 g/mol. The predicted molar refractivity (Wildman–Crippen MR) is 57.5 cm³/mol. The summed E-state index contributed by atoms with van der Waals surface area (Å²) in [7, 11) is 0. The van der Waals surface area contributed by atoms with E-state index in [1.807, 2.05) is 24.3 Å². The SMILES string of the molecule is N[NH3+].[O-]c1cc(-n2nc3ccccc3n2)[nH]n1. The van der Waals surface area contributed by atoms with E-state index in [1.54, 1.807) is 0 Å². The molecule has 17 heavy (non-hydrogen) atoms. The maximum absolute atomic E-state index is 10.9. The Morgan fingerprint density at radius 3 is 2.24 bits per heavy atom. The quantitative estimate of drug-likeness (QED) is 0.340. The van der Waals surface area contributed by atoms with Crippen LogP contribution in [0.4, 0.5) is 0 Å². The third kappa shape index (κ3) is 2.07. The van der Waals surface area contributed by atoms with Crippen LogP contribution in [0.5, 0.6) is 5.88 Å². The lowest BCUT2D eigenvalue weighted by Gasteiger charge is -1.91. The van der Waals surface area contributed by atoms with Crippen molar-refractivity contribution in [3.05, 3.63) is 30.3 Å². The minimum absolute atomic E-state index is 0.327. The summed E-state index contributed by atoms with van der Waals surface area (Å²) in [5.74, 6) is 7.14. The van der Waals surface area contributed by atoms with E-state index in [-0.39, 0.29) is 5.88 Å².